The number of hydrazine groups is 1. The van der Waals surface area contributed by atoms with Crippen LogP contribution in [0.3, 0.4) is 0 Å². The highest BCUT2D eigenvalue weighted by atomic mass is 16.1. The fourth-order valence-corrected chi connectivity index (χ4v) is 2.59. The maximum Gasteiger partial charge on any atom is 0.220 e. The van der Waals surface area contributed by atoms with Gasteiger partial charge in [0.05, 0.1) is 6.54 Å². The van der Waals surface area contributed by atoms with Crippen molar-refractivity contribution >= 4 is 11.9 Å². The molecule has 1 heterocycles. The molecule has 0 aromatic carbocycles. The molecule has 1 unspecified atom stereocenters. The van der Waals surface area contributed by atoms with E-state index in [0.717, 1.165) is 6.42 Å². The van der Waals surface area contributed by atoms with Crippen molar-refractivity contribution < 1.29 is 4.79 Å². The van der Waals surface area contributed by atoms with Gasteiger partial charge in [-0.3, -0.25) is 15.2 Å². The van der Waals surface area contributed by atoms with Crippen LogP contribution in [0.2, 0.25) is 0 Å². The summed E-state index contributed by atoms with van der Waals surface area (Å²) in [5.74, 6) is 6.24. The summed E-state index contributed by atoms with van der Waals surface area (Å²) in [5.41, 5.74) is 2.61. The van der Waals surface area contributed by atoms with E-state index in [0.29, 0.717) is 25.0 Å². The summed E-state index contributed by atoms with van der Waals surface area (Å²) in [6, 6.07) is 0.640. The summed E-state index contributed by atoms with van der Waals surface area (Å²) in [6.07, 6.45) is 7.71. The zero-order valence-electron chi connectivity index (χ0n) is 10.7. The van der Waals surface area contributed by atoms with Crippen LogP contribution >= 0.6 is 0 Å². The molecular weight excluding hydrogens is 230 g/mol. The molecule has 0 aromatic heterocycles. The number of nitrogens with one attached hydrogen (secondary N) is 3. The Balaban J connectivity index is 1.77. The van der Waals surface area contributed by atoms with Crippen molar-refractivity contribution in [2.75, 3.05) is 6.54 Å². The molecule has 1 saturated carbocycles. The van der Waals surface area contributed by atoms with E-state index in [2.05, 4.69) is 21.1 Å². The Bertz CT molecular complexity index is 312. The van der Waals surface area contributed by atoms with E-state index < -0.39 is 0 Å². The van der Waals surface area contributed by atoms with Crippen molar-refractivity contribution in [2.45, 2.75) is 57.0 Å². The molecule has 102 valence electrons. The second-order valence-electron chi connectivity index (χ2n) is 5.12. The van der Waals surface area contributed by atoms with Gasteiger partial charge in [0.15, 0.2) is 0 Å². The van der Waals surface area contributed by atoms with Crippen LogP contribution in [0.4, 0.5) is 0 Å². The topological polar surface area (TPSA) is 91.5 Å². The molecule has 1 aliphatic carbocycles. The van der Waals surface area contributed by atoms with E-state index in [1.54, 1.807) is 0 Å². The molecule has 0 bridgehead atoms. The summed E-state index contributed by atoms with van der Waals surface area (Å²) in [6.45, 7) is 0.588. The Labute approximate surface area is 108 Å². The molecule has 1 amide bonds. The summed E-state index contributed by atoms with van der Waals surface area (Å²) in [7, 11) is 0. The van der Waals surface area contributed by atoms with Crippen LogP contribution in [0.25, 0.3) is 0 Å². The maximum atomic E-state index is 11.1. The zero-order chi connectivity index (χ0) is 12.8. The number of rotatable bonds is 3. The zero-order valence-corrected chi connectivity index (χ0v) is 10.7. The van der Waals surface area contributed by atoms with E-state index in [4.69, 9.17) is 5.84 Å². The predicted octanol–water partition coefficient (Wildman–Crippen LogP) is 0.00660. The first-order chi connectivity index (χ1) is 8.78. The summed E-state index contributed by atoms with van der Waals surface area (Å²) < 4.78 is 0. The second-order valence-corrected chi connectivity index (χ2v) is 5.12. The number of amides is 1. The van der Waals surface area contributed by atoms with E-state index in [9.17, 15) is 4.79 Å². The molecular formula is C12H23N5O. The smallest absolute Gasteiger partial charge is 0.220 e. The van der Waals surface area contributed by atoms with Gasteiger partial charge in [0, 0.05) is 18.5 Å². The van der Waals surface area contributed by atoms with Crippen LogP contribution in [0.1, 0.15) is 44.9 Å². The molecule has 2 aliphatic rings. The number of guanidine groups is 1. The molecule has 6 nitrogen and oxygen atoms in total. The summed E-state index contributed by atoms with van der Waals surface area (Å²) in [4.78, 5) is 15.5. The van der Waals surface area contributed by atoms with E-state index in [-0.39, 0.29) is 11.9 Å². The third kappa shape index (κ3) is 3.87. The highest BCUT2D eigenvalue weighted by molar-refractivity contribution is 5.80. The third-order valence-corrected chi connectivity index (χ3v) is 3.64. The van der Waals surface area contributed by atoms with Crippen LogP contribution < -0.4 is 21.9 Å². The Hall–Kier alpha value is -1.30. The lowest BCUT2D eigenvalue weighted by Crippen LogP contribution is -2.47. The average molecular weight is 253 g/mol. The van der Waals surface area contributed by atoms with E-state index in [1.165, 1.54) is 32.1 Å². The first-order valence-corrected chi connectivity index (χ1v) is 6.85. The van der Waals surface area contributed by atoms with Crippen LogP contribution in [-0.2, 0) is 4.79 Å². The highest BCUT2D eigenvalue weighted by Crippen LogP contribution is 2.17. The van der Waals surface area contributed by atoms with Gasteiger partial charge in [-0.2, -0.15) is 0 Å². The van der Waals surface area contributed by atoms with Gasteiger partial charge < -0.3 is 10.6 Å². The fourth-order valence-electron chi connectivity index (χ4n) is 2.59. The summed E-state index contributed by atoms with van der Waals surface area (Å²) in [5, 5.41) is 6.24. The van der Waals surface area contributed by atoms with Crippen molar-refractivity contribution in [1.29, 1.82) is 0 Å². The Kier molecular flexibility index (Phi) is 4.81. The third-order valence-electron chi connectivity index (χ3n) is 3.64. The van der Waals surface area contributed by atoms with Crippen molar-refractivity contribution in [3.8, 4) is 0 Å². The van der Waals surface area contributed by atoms with Crippen LogP contribution in [-0.4, -0.2) is 30.5 Å². The molecule has 18 heavy (non-hydrogen) atoms. The quantitative estimate of drug-likeness (QED) is 0.247. The molecule has 1 saturated heterocycles. The first-order valence-electron chi connectivity index (χ1n) is 6.85. The van der Waals surface area contributed by atoms with Gasteiger partial charge in [-0.25, -0.2) is 5.84 Å². The monoisotopic (exact) mass is 253 g/mol. The molecule has 1 aliphatic heterocycles. The maximum absolute atomic E-state index is 11.1. The van der Waals surface area contributed by atoms with Gasteiger partial charge in [-0.15, -0.1) is 0 Å². The van der Waals surface area contributed by atoms with Gasteiger partial charge >= 0.3 is 0 Å². The van der Waals surface area contributed by atoms with Gasteiger partial charge in [0.2, 0.25) is 11.9 Å². The fraction of sp³-hybridized carbons (Fsp3) is 0.833. The SMILES string of the molecule is NNC(=NCC1CCC(=O)N1)NC1CCCCC1. The van der Waals surface area contributed by atoms with Gasteiger partial charge in [-0.05, 0) is 19.3 Å². The molecule has 0 radical (unpaired) electrons. The Morgan fingerprint density at radius 1 is 1.33 bits per heavy atom. The average Bonchev–Trinajstić information content (AvgIpc) is 2.81. The van der Waals surface area contributed by atoms with Gasteiger partial charge in [-0.1, -0.05) is 19.3 Å². The van der Waals surface area contributed by atoms with E-state index in [1.807, 2.05) is 0 Å². The van der Waals surface area contributed by atoms with Crippen LogP contribution in [0, 0.1) is 0 Å². The molecule has 2 rings (SSSR count). The number of nitrogens with two attached hydrogens (primary N) is 1. The lowest BCUT2D eigenvalue weighted by Gasteiger charge is -2.24. The minimum atomic E-state index is 0.123. The molecule has 6 heteroatoms. The molecule has 5 N–H and O–H groups in total. The number of aliphatic imine (C=N–C) groups is 1. The minimum Gasteiger partial charge on any atom is -0.353 e. The van der Waals surface area contributed by atoms with Crippen LogP contribution in [0.5, 0.6) is 0 Å². The predicted molar refractivity (Wildman–Crippen MR) is 70.8 cm³/mol. The summed E-state index contributed by atoms with van der Waals surface area (Å²) >= 11 is 0. The number of carbonyl (C=O) groups is 1. The standard InChI is InChI=1S/C12H23N5O/c13-17-12(16-9-4-2-1-3-5-9)14-8-10-6-7-11(18)15-10/h9-10H,1-8,13H2,(H,15,18)(H2,14,16,17). The van der Waals surface area contributed by atoms with Crippen LogP contribution in [0.15, 0.2) is 4.99 Å². The van der Waals surface area contributed by atoms with Gasteiger partial charge in [0.1, 0.15) is 0 Å². The van der Waals surface area contributed by atoms with Gasteiger partial charge in [0.25, 0.3) is 0 Å². The lowest BCUT2D eigenvalue weighted by atomic mass is 9.96. The molecule has 0 aromatic rings. The number of hydrogen-bond donors (Lipinski definition) is 4. The van der Waals surface area contributed by atoms with Crippen molar-refractivity contribution in [3.05, 3.63) is 0 Å². The molecule has 2 fully saturated rings. The van der Waals surface area contributed by atoms with E-state index >= 15 is 0 Å². The largest absolute Gasteiger partial charge is 0.353 e. The lowest BCUT2D eigenvalue weighted by molar-refractivity contribution is -0.119. The Morgan fingerprint density at radius 2 is 2.11 bits per heavy atom. The minimum absolute atomic E-state index is 0.123. The highest BCUT2D eigenvalue weighted by Gasteiger charge is 2.20. The molecule has 0 spiro atoms. The number of carbonyl (C=O) groups excluding carboxylic acids is 1. The number of nitrogens with zero attached hydrogens (tertiary/aromatic N) is 1. The second kappa shape index (κ2) is 6.58. The van der Waals surface area contributed by atoms with Crippen molar-refractivity contribution in [2.24, 2.45) is 10.8 Å². The first kappa shape index (κ1) is 13.1. The number of hydrogen-bond acceptors (Lipinski definition) is 3. The normalized spacial score (nSPS) is 25.9. The van der Waals surface area contributed by atoms with Crippen molar-refractivity contribution in [1.82, 2.24) is 16.1 Å². The molecule has 1 atom stereocenters. The Morgan fingerprint density at radius 3 is 2.72 bits per heavy atom. The van der Waals surface area contributed by atoms with Crippen molar-refractivity contribution in [3.63, 3.8) is 0 Å².